The Bertz CT molecular complexity index is 971. The first kappa shape index (κ1) is 19.2. The fraction of sp³-hybridized carbons (Fsp3) is 0.190. The van der Waals surface area contributed by atoms with Crippen LogP contribution in [-0.2, 0) is 0 Å². The fourth-order valence-corrected chi connectivity index (χ4v) is 2.61. The lowest BCUT2D eigenvalue weighted by molar-refractivity contribution is 0.102. The summed E-state index contributed by atoms with van der Waals surface area (Å²) in [6.07, 6.45) is 0. The summed E-state index contributed by atoms with van der Waals surface area (Å²) >= 11 is 0. The van der Waals surface area contributed by atoms with Crippen LogP contribution in [0.5, 0.6) is 5.75 Å². The number of ether oxygens (including phenoxy) is 1. The zero-order chi connectivity index (χ0) is 20.1. The van der Waals surface area contributed by atoms with E-state index in [2.05, 4.69) is 20.6 Å². The van der Waals surface area contributed by atoms with E-state index in [1.54, 1.807) is 13.2 Å². The summed E-state index contributed by atoms with van der Waals surface area (Å²) in [5.74, 6) is 0.773. The molecule has 0 aliphatic heterocycles. The summed E-state index contributed by atoms with van der Waals surface area (Å²) in [5, 5.41) is 5.98. The molecule has 0 spiro atoms. The number of methoxy groups -OCH3 is 1. The SMILES string of the molecule is COc1cccc(Nc2nc(C)cc(C(=O)Nc3ccc(N(C)C)cc3)n2)c1. The zero-order valence-electron chi connectivity index (χ0n) is 16.4. The van der Waals surface area contributed by atoms with E-state index in [1.165, 1.54) is 0 Å². The van der Waals surface area contributed by atoms with Crippen molar-refractivity contribution < 1.29 is 9.53 Å². The quantitative estimate of drug-likeness (QED) is 0.679. The summed E-state index contributed by atoms with van der Waals surface area (Å²) in [5.41, 5.74) is 3.51. The van der Waals surface area contributed by atoms with Crippen LogP contribution in [0, 0.1) is 6.92 Å². The van der Waals surface area contributed by atoms with Gasteiger partial charge >= 0.3 is 0 Å². The lowest BCUT2D eigenvalue weighted by Crippen LogP contribution is -2.16. The molecule has 0 radical (unpaired) electrons. The molecule has 0 saturated heterocycles. The van der Waals surface area contributed by atoms with Crippen LogP contribution in [0.3, 0.4) is 0 Å². The highest BCUT2D eigenvalue weighted by Gasteiger charge is 2.12. The molecule has 2 N–H and O–H groups in total. The Morgan fingerprint density at radius 2 is 1.75 bits per heavy atom. The molecule has 28 heavy (non-hydrogen) atoms. The molecule has 0 bridgehead atoms. The maximum absolute atomic E-state index is 12.6. The van der Waals surface area contributed by atoms with Crippen molar-refractivity contribution >= 4 is 28.9 Å². The van der Waals surface area contributed by atoms with Gasteiger partial charge in [0.15, 0.2) is 0 Å². The summed E-state index contributed by atoms with van der Waals surface area (Å²) in [6, 6.07) is 16.7. The first-order chi connectivity index (χ1) is 13.4. The largest absolute Gasteiger partial charge is 0.497 e. The molecule has 0 unspecified atom stereocenters. The van der Waals surface area contributed by atoms with Gasteiger partial charge in [0.25, 0.3) is 5.91 Å². The van der Waals surface area contributed by atoms with Crippen LogP contribution in [0.4, 0.5) is 23.0 Å². The molecule has 3 aromatic rings. The Balaban J connectivity index is 1.77. The van der Waals surface area contributed by atoms with Crippen LogP contribution in [0.1, 0.15) is 16.2 Å². The zero-order valence-corrected chi connectivity index (χ0v) is 16.4. The van der Waals surface area contributed by atoms with Crippen LogP contribution in [0.15, 0.2) is 54.6 Å². The van der Waals surface area contributed by atoms with E-state index in [0.717, 1.165) is 17.1 Å². The monoisotopic (exact) mass is 377 g/mol. The van der Waals surface area contributed by atoms with Gasteiger partial charge in [-0.3, -0.25) is 4.79 Å². The lowest BCUT2D eigenvalue weighted by Gasteiger charge is -2.13. The van der Waals surface area contributed by atoms with E-state index < -0.39 is 0 Å². The number of rotatable bonds is 6. The number of aromatic nitrogens is 2. The van der Waals surface area contributed by atoms with Gasteiger partial charge in [-0.2, -0.15) is 0 Å². The molecule has 2 aromatic carbocycles. The number of hydrogen-bond donors (Lipinski definition) is 2. The van der Waals surface area contributed by atoms with Gasteiger partial charge < -0.3 is 20.3 Å². The van der Waals surface area contributed by atoms with Crippen LogP contribution in [0.2, 0.25) is 0 Å². The average molecular weight is 377 g/mol. The molecule has 7 heteroatoms. The Morgan fingerprint density at radius 3 is 2.43 bits per heavy atom. The number of carbonyl (C=O) groups excluding carboxylic acids is 1. The highest BCUT2D eigenvalue weighted by molar-refractivity contribution is 6.03. The van der Waals surface area contributed by atoms with Crippen molar-refractivity contribution in [2.24, 2.45) is 0 Å². The molecule has 144 valence electrons. The number of benzene rings is 2. The Morgan fingerprint density at radius 1 is 1.00 bits per heavy atom. The van der Waals surface area contributed by atoms with Gasteiger partial charge in [-0.1, -0.05) is 6.07 Å². The molecule has 3 rings (SSSR count). The summed E-state index contributed by atoms with van der Waals surface area (Å²) < 4.78 is 5.22. The summed E-state index contributed by atoms with van der Waals surface area (Å²) in [4.78, 5) is 23.3. The predicted octanol–water partition coefficient (Wildman–Crippen LogP) is 3.86. The number of anilines is 4. The van der Waals surface area contributed by atoms with Crippen LogP contribution in [0.25, 0.3) is 0 Å². The molecule has 7 nitrogen and oxygen atoms in total. The number of carbonyl (C=O) groups is 1. The van der Waals surface area contributed by atoms with Gasteiger partial charge in [-0.05, 0) is 49.4 Å². The van der Waals surface area contributed by atoms with Crippen molar-refractivity contribution in [2.75, 3.05) is 36.7 Å². The third-order valence-electron chi connectivity index (χ3n) is 4.05. The molecule has 1 aromatic heterocycles. The van der Waals surface area contributed by atoms with Gasteiger partial charge in [-0.15, -0.1) is 0 Å². The highest BCUT2D eigenvalue weighted by Crippen LogP contribution is 2.20. The number of nitrogens with one attached hydrogen (secondary N) is 2. The molecular weight excluding hydrogens is 354 g/mol. The second-order valence-electron chi connectivity index (χ2n) is 6.47. The molecule has 1 heterocycles. The van der Waals surface area contributed by atoms with E-state index in [0.29, 0.717) is 17.3 Å². The van der Waals surface area contributed by atoms with Gasteiger partial charge in [0.1, 0.15) is 11.4 Å². The predicted molar refractivity (Wildman–Crippen MR) is 112 cm³/mol. The fourth-order valence-electron chi connectivity index (χ4n) is 2.61. The van der Waals surface area contributed by atoms with Crippen molar-refractivity contribution in [3.8, 4) is 5.75 Å². The maximum atomic E-state index is 12.6. The summed E-state index contributed by atoms with van der Waals surface area (Å²) in [6.45, 7) is 1.82. The topological polar surface area (TPSA) is 79.4 Å². The Hall–Kier alpha value is -3.61. The Labute approximate surface area is 164 Å². The normalized spacial score (nSPS) is 10.3. The van der Waals surface area contributed by atoms with E-state index >= 15 is 0 Å². The van der Waals surface area contributed by atoms with Crippen LogP contribution in [-0.4, -0.2) is 37.1 Å². The van der Waals surface area contributed by atoms with Gasteiger partial charge in [0.2, 0.25) is 5.95 Å². The summed E-state index contributed by atoms with van der Waals surface area (Å²) in [7, 11) is 5.54. The van der Waals surface area contributed by atoms with Crippen molar-refractivity contribution in [1.29, 1.82) is 0 Å². The minimum atomic E-state index is -0.295. The van der Waals surface area contributed by atoms with Crippen LogP contribution < -0.4 is 20.3 Å². The first-order valence-corrected chi connectivity index (χ1v) is 8.80. The molecule has 1 amide bonds. The van der Waals surface area contributed by atoms with Gasteiger partial charge in [0.05, 0.1) is 7.11 Å². The number of aryl methyl sites for hydroxylation is 1. The number of hydrogen-bond acceptors (Lipinski definition) is 6. The minimum Gasteiger partial charge on any atom is -0.497 e. The number of amides is 1. The maximum Gasteiger partial charge on any atom is 0.274 e. The average Bonchev–Trinajstić information content (AvgIpc) is 2.68. The van der Waals surface area contributed by atoms with Crippen molar-refractivity contribution in [2.45, 2.75) is 6.92 Å². The second kappa shape index (κ2) is 8.39. The Kier molecular flexibility index (Phi) is 5.74. The standard InChI is InChI=1S/C21H23N5O2/c1-14-12-19(20(27)23-15-8-10-17(11-9-15)26(2)3)25-21(22-14)24-16-6-5-7-18(13-16)28-4/h5-13H,1-4H3,(H,23,27)(H,22,24,25). The van der Waals surface area contributed by atoms with Crippen molar-refractivity contribution in [3.05, 3.63) is 66.0 Å². The second-order valence-corrected chi connectivity index (χ2v) is 6.47. The third kappa shape index (κ3) is 4.76. The molecule has 0 aliphatic carbocycles. The van der Waals surface area contributed by atoms with Crippen molar-refractivity contribution in [3.63, 3.8) is 0 Å². The van der Waals surface area contributed by atoms with E-state index in [4.69, 9.17) is 4.74 Å². The number of nitrogens with zero attached hydrogens (tertiary/aromatic N) is 3. The minimum absolute atomic E-state index is 0.287. The molecule has 0 aliphatic rings. The van der Waals surface area contributed by atoms with Crippen molar-refractivity contribution in [1.82, 2.24) is 9.97 Å². The molecule has 0 fully saturated rings. The van der Waals surface area contributed by atoms with E-state index in [1.807, 2.05) is 74.4 Å². The molecule has 0 atom stereocenters. The smallest absolute Gasteiger partial charge is 0.274 e. The third-order valence-corrected chi connectivity index (χ3v) is 4.05. The van der Waals surface area contributed by atoms with E-state index in [-0.39, 0.29) is 11.6 Å². The lowest BCUT2D eigenvalue weighted by atomic mass is 10.2. The van der Waals surface area contributed by atoms with E-state index in [9.17, 15) is 4.79 Å². The van der Waals surface area contributed by atoms with Crippen LogP contribution >= 0.6 is 0 Å². The van der Waals surface area contributed by atoms with Gasteiger partial charge in [0, 0.05) is 42.9 Å². The molecule has 0 saturated carbocycles. The highest BCUT2D eigenvalue weighted by atomic mass is 16.5. The first-order valence-electron chi connectivity index (χ1n) is 8.80. The van der Waals surface area contributed by atoms with Gasteiger partial charge in [-0.25, -0.2) is 9.97 Å². The molecular formula is C21H23N5O2.